The molecule has 0 spiro atoms. The minimum absolute atomic E-state index is 0.713. The lowest BCUT2D eigenvalue weighted by Gasteiger charge is -2.20. The third kappa shape index (κ3) is 2.44. The molecule has 3 aromatic rings. The summed E-state index contributed by atoms with van der Waals surface area (Å²) in [6.45, 7) is 7.35. The highest BCUT2D eigenvalue weighted by Crippen LogP contribution is 2.42. The van der Waals surface area contributed by atoms with E-state index in [-0.39, 0.29) is 0 Å². The Morgan fingerprint density at radius 2 is 1.46 bits per heavy atom. The fourth-order valence-corrected chi connectivity index (χ4v) is 4.92. The molecule has 0 saturated carbocycles. The van der Waals surface area contributed by atoms with Crippen molar-refractivity contribution in [3.05, 3.63) is 77.9 Å². The van der Waals surface area contributed by atoms with E-state index in [2.05, 4.69) is 86.8 Å². The van der Waals surface area contributed by atoms with Gasteiger partial charge in [0.15, 0.2) is 0 Å². The molecule has 24 heavy (non-hydrogen) atoms. The second-order valence-electron chi connectivity index (χ2n) is 7.27. The Kier molecular flexibility index (Phi) is 3.89. The Morgan fingerprint density at radius 3 is 2.04 bits per heavy atom. The third-order valence-electron chi connectivity index (χ3n) is 5.53. The van der Waals surface area contributed by atoms with E-state index in [0.29, 0.717) is 0 Å². The van der Waals surface area contributed by atoms with Crippen molar-refractivity contribution in [3.8, 4) is 0 Å². The Hall–Kier alpha value is -2.12. The normalized spacial score (nSPS) is 15.8. The Balaban J connectivity index is 2.09. The second kappa shape index (κ2) is 6.07. The first kappa shape index (κ1) is 15.4. The maximum absolute atomic E-state index is 2.46. The molecular weight excluding hydrogens is 304 g/mol. The summed E-state index contributed by atoms with van der Waals surface area (Å²) >= 11 is 0. The first-order chi connectivity index (χ1) is 11.7. The van der Waals surface area contributed by atoms with Gasteiger partial charge in [0, 0.05) is 8.80 Å². The SMILES string of the molecule is CC(C1=C(c2c3ccccc3cc3ccccc23)CC=C1)[SiH](C)C. The summed E-state index contributed by atoms with van der Waals surface area (Å²) in [4.78, 5) is 0. The third-order valence-corrected chi connectivity index (χ3v) is 7.89. The lowest BCUT2D eigenvalue weighted by atomic mass is 9.89. The van der Waals surface area contributed by atoms with Gasteiger partial charge in [0.25, 0.3) is 0 Å². The molecule has 0 radical (unpaired) electrons. The molecular formula is C23H24Si. The molecule has 0 aromatic heterocycles. The van der Waals surface area contributed by atoms with Crippen molar-refractivity contribution in [3.63, 3.8) is 0 Å². The predicted molar refractivity (Wildman–Crippen MR) is 110 cm³/mol. The molecule has 0 amide bonds. The molecule has 4 rings (SSSR count). The monoisotopic (exact) mass is 328 g/mol. The molecule has 0 saturated heterocycles. The molecule has 0 heterocycles. The van der Waals surface area contributed by atoms with Gasteiger partial charge in [0.05, 0.1) is 0 Å². The van der Waals surface area contributed by atoms with Crippen LogP contribution in [-0.4, -0.2) is 8.80 Å². The van der Waals surface area contributed by atoms with Crippen LogP contribution in [0.4, 0.5) is 0 Å². The van der Waals surface area contributed by atoms with Crippen LogP contribution in [0.1, 0.15) is 18.9 Å². The van der Waals surface area contributed by atoms with E-state index in [1.54, 1.807) is 11.1 Å². The van der Waals surface area contributed by atoms with Crippen LogP contribution < -0.4 is 0 Å². The van der Waals surface area contributed by atoms with Crippen LogP contribution in [0, 0.1) is 0 Å². The van der Waals surface area contributed by atoms with Gasteiger partial charge in [-0.15, -0.1) is 0 Å². The molecule has 1 atom stereocenters. The maximum atomic E-state index is 2.46. The van der Waals surface area contributed by atoms with Gasteiger partial charge in [-0.2, -0.15) is 0 Å². The van der Waals surface area contributed by atoms with E-state index in [4.69, 9.17) is 0 Å². The molecule has 0 fully saturated rings. The summed E-state index contributed by atoms with van der Waals surface area (Å²) < 4.78 is 0. The largest absolute Gasteiger partial charge is 0.0798 e. The fourth-order valence-electron chi connectivity index (χ4n) is 3.89. The fraction of sp³-hybridized carbons (Fsp3) is 0.217. The predicted octanol–water partition coefficient (Wildman–Crippen LogP) is 6.58. The molecule has 1 aliphatic rings. The van der Waals surface area contributed by atoms with Crippen molar-refractivity contribution in [2.45, 2.75) is 32.0 Å². The minimum Gasteiger partial charge on any atom is -0.0798 e. The molecule has 1 aliphatic carbocycles. The second-order valence-corrected chi connectivity index (χ2v) is 10.8. The molecule has 120 valence electrons. The van der Waals surface area contributed by atoms with Crippen LogP contribution in [0.2, 0.25) is 18.6 Å². The van der Waals surface area contributed by atoms with E-state index in [1.165, 1.54) is 27.1 Å². The summed E-state index contributed by atoms with van der Waals surface area (Å²) in [5.41, 5.74) is 5.32. The van der Waals surface area contributed by atoms with Crippen LogP contribution in [0.15, 0.2) is 72.3 Å². The highest BCUT2D eigenvalue weighted by Gasteiger charge is 2.22. The summed E-state index contributed by atoms with van der Waals surface area (Å²) in [5.74, 6) is 0. The lowest BCUT2D eigenvalue weighted by molar-refractivity contribution is 1.11. The van der Waals surface area contributed by atoms with E-state index >= 15 is 0 Å². The van der Waals surface area contributed by atoms with Crippen molar-refractivity contribution >= 4 is 35.9 Å². The minimum atomic E-state index is -0.713. The van der Waals surface area contributed by atoms with E-state index in [0.717, 1.165) is 12.0 Å². The standard InChI is InChI=1S/C23H24Si/c1-16(24(2)3)19-13-8-14-22(19)23-20-11-6-4-9-17(20)15-18-10-5-7-12-21(18)23/h4-13,15-16,24H,14H2,1-3H3. The van der Waals surface area contributed by atoms with Crippen molar-refractivity contribution < 1.29 is 0 Å². The molecule has 0 nitrogen and oxygen atoms in total. The van der Waals surface area contributed by atoms with Crippen LogP contribution in [0.5, 0.6) is 0 Å². The average Bonchev–Trinajstić information content (AvgIpc) is 3.07. The summed E-state index contributed by atoms with van der Waals surface area (Å²) in [7, 11) is -0.713. The lowest BCUT2D eigenvalue weighted by Crippen LogP contribution is -2.10. The number of hydrogen-bond acceptors (Lipinski definition) is 0. The van der Waals surface area contributed by atoms with Gasteiger partial charge in [-0.3, -0.25) is 0 Å². The van der Waals surface area contributed by atoms with Gasteiger partial charge in [-0.1, -0.05) is 80.7 Å². The van der Waals surface area contributed by atoms with Gasteiger partial charge in [-0.25, -0.2) is 0 Å². The number of hydrogen-bond donors (Lipinski definition) is 0. The average molecular weight is 329 g/mol. The smallest absolute Gasteiger partial charge is 0.0384 e. The van der Waals surface area contributed by atoms with E-state index in [1.807, 2.05) is 0 Å². The molecule has 0 N–H and O–H groups in total. The zero-order chi connectivity index (χ0) is 16.7. The topological polar surface area (TPSA) is 0 Å². The van der Waals surface area contributed by atoms with Gasteiger partial charge >= 0.3 is 0 Å². The molecule has 0 aliphatic heterocycles. The Bertz CT molecular complexity index is 922. The van der Waals surface area contributed by atoms with Crippen LogP contribution in [0.25, 0.3) is 27.1 Å². The summed E-state index contributed by atoms with van der Waals surface area (Å²) in [6.07, 6.45) is 5.82. The number of fused-ring (bicyclic) bond motifs is 2. The Labute approximate surface area is 146 Å². The van der Waals surface area contributed by atoms with Crippen LogP contribution in [-0.2, 0) is 0 Å². The van der Waals surface area contributed by atoms with Gasteiger partial charge in [-0.05, 0) is 56.3 Å². The maximum Gasteiger partial charge on any atom is 0.0384 e. The first-order valence-corrected chi connectivity index (χ1v) is 11.9. The molecule has 1 heteroatoms. The van der Waals surface area contributed by atoms with Crippen molar-refractivity contribution in [2.75, 3.05) is 0 Å². The summed E-state index contributed by atoms with van der Waals surface area (Å²) in [5, 5.41) is 5.48. The van der Waals surface area contributed by atoms with E-state index < -0.39 is 8.80 Å². The van der Waals surface area contributed by atoms with Gasteiger partial charge < -0.3 is 0 Å². The van der Waals surface area contributed by atoms with Gasteiger partial charge in [0.2, 0.25) is 0 Å². The zero-order valence-corrected chi connectivity index (χ0v) is 15.9. The summed E-state index contributed by atoms with van der Waals surface area (Å²) in [6, 6.07) is 20.0. The van der Waals surface area contributed by atoms with Crippen molar-refractivity contribution in [1.29, 1.82) is 0 Å². The Morgan fingerprint density at radius 1 is 0.875 bits per heavy atom. The first-order valence-electron chi connectivity index (χ1n) is 8.97. The number of rotatable bonds is 3. The highest BCUT2D eigenvalue weighted by atomic mass is 28.3. The molecule has 3 aromatic carbocycles. The van der Waals surface area contributed by atoms with Crippen molar-refractivity contribution in [1.82, 2.24) is 0 Å². The quantitative estimate of drug-likeness (QED) is 0.376. The molecule has 1 unspecified atom stereocenters. The zero-order valence-electron chi connectivity index (χ0n) is 14.7. The van der Waals surface area contributed by atoms with E-state index in [9.17, 15) is 0 Å². The van der Waals surface area contributed by atoms with Crippen LogP contribution >= 0.6 is 0 Å². The number of allylic oxidation sites excluding steroid dienone is 4. The van der Waals surface area contributed by atoms with Crippen molar-refractivity contribution in [2.24, 2.45) is 0 Å². The molecule has 0 bridgehead atoms. The number of benzene rings is 3. The van der Waals surface area contributed by atoms with Crippen LogP contribution in [0.3, 0.4) is 0 Å². The van der Waals surface area contributed by atoms with Gasteiger partial charge in [0.1, 0.15) is 0 Å². The highest BCUT2D eigenvalue weighted by molar-refractivity contribution is 6.58.